The molecule has 0 N–H and O–H groups in total. The zero-order valence-electron chi connectivity index (χ0n) is 19.9. The van der Waals surface area contributed by atoms with Gasteiger partial charge in [-0.05, 0) is 48.7 Å². The molecule has 0 aliphatic carbocycles. The summed E-state index contributed by atoms with van der Waals surface area (Å²) in [6, 6.07) is 25.7. The van der Waals surface area contributed by atoms with Crippen LogP contribution in [0.5, 0.6) is 0 Å². The molecule has 1 aromatic heterocycles. The Labute approximate surface area is 220 Å². The monoisotopic (exact) mass is 562 g/mol. The SMILES string of the molecule is C[C@@H](c1ccccc1)N1C=CC(=O)C[C@@H]1c1c(CCBr)c2ccccc2n1S(=O)(=O)c1ccccc1. The number of para-hydroxylation sites is 1. The van der Waals surface area contributed by atoms with Gasteiger partial charge in [-0.2, -0.15) is 0 Å². The van der Waals surface area contributed by atoms with Crippen LogP contribution in [0.15, 0.2) is 102 Å². The Bertz CT molecular complexity index is 1530. The van der Waals surface area contributed by atoms with Crippen LogP contribution in [0.2, 0.25) is 0 Å². The molecule has 36 heavy (non-hydrogen) atoms. The number of nitrogens with zero attached hydrogens (tertiary/aromatic N) is 2. The third-order valence-corrected chi connectivity index (χ3v) is 8.97. The van der Waals surface area contributed by atoms with E-state index in [1.807, 2.05) is 48.7 Å². The van der Waals surface area contributed by atoms with Crippen LogP contribution >= 0.6 is 15.9 Å². The lowest BCUT2D eigenvalue weighted by atomic mass is 9.94. The number of halogens is 1. The molecule has 3 aromatic carbocycles. The summed E-state index contributed by atoms with van der Waals surface area (Å²) in [5, 5.41) is 1.56. The molecule has 2 heterocycles. The molecular formula is C29H27BrN2O3S. The summed E-state index contributed by atoms with van der Waals surface area (Å²) < 4.78 is 29.9. The van der Waals surface area contributed by atoms with E-state index in [1.165, 1.54) is 3.97 Å². The molecule has 4 aromatic rings. The van der Waals surface area contributed by atoms with Crippen molar-refractivity contribution in [3.63, 3.8) is 0 Å². The van der Waals surface area contributed by atoms with Gasteiger partial charge in [0, 0.05) is 23.3 Å². The van der Waals surface area contributed by atoms with E-state index in [0.717, 1.165) is 16.5 Å². The Kier molecular flexibility index (Phi) is 6.86. The molecule has 0 amide bonds. The largest absolute Gasteiger partial charge is 0.362 e. The van der Waals surface area contributed by atoms with Gasteiger partial charge in [-0.3, -0.25) is 4.79 Å². The lowest BCUT2D eigenvalue weighted by molar-refractivity contribution is -0.116. The van der Waals surface area contributed by atoms with Crippen molar-refractivity contribution in [3.05, 3.63) is 114 Å². The molecule has 0 radical (unpaired) electrons. The number of benzene rings is 3. The molecule has 0 saturated carbocycles. The quantitative estimate of drug-likeness (QED) is 0.244. The van der Waals surface area contributed by atoms with E-state index in [9.17, 15) is 13.2 Å². The Hall–Kier alpha value is -3.16. The predicted octanol–water partition coefficient (Wildman–Crippen LogP) is 6.41. The third-order valence-electron chi connectivity index (χ3n) is 6.83. The number of allylic oxidation sites excluding steroid dienone is 1. The number of fused-ring (bicyclic) bond motifs is 1. The second kappa shape index (κ2) is 10.1. The highest BCUT2D eigenvalue weighted by atomic mass is 79.9. The maximum Gasteiger partial charge on any atom is 0.268 e. The third kappa shape index (κ3) is 4.31. The van der Waals surface area contributed by atoms with Crippen molar-refractivity contribution >= 4 is 42.6 Å². The Morgan fingerprint density at radius 1 is 0.944 bits per heavy atom. The van der Waals surface area contributed by atoms with Crippen molar-refractivity contribution in [1.82, 2.24) is 8.87 Å². The minimum Gasteiger partial charge on any atom is -0.362 e. The molecule has 1 aliphatic heterocycles. The Balaban J connectivity index is 1.80. The van der Waals surface area contributed by atoms with Crippen LogP contribution in [-0.2, 0) is 21.2 Å². The highest BCUT2D eigenvalue weighted by Gasteiger charge is 2.36. The number of carbonyl (C=O) groups excluding carboxylic acids is 1. The molecule has 1 aliphatic rings. The first-order valence-electron chi connectivity index (χ1n) is 12.0. The summed E-state index contributed by atoms with van der Waals surface area (Å²) in [7, 11) is -3.93. The minimum atomic E-state index is -3.93. The van der Waals surface area contributed by atoms with Crippen LogP contribution in [0.3, 0.4) is 0 Å². The zero-order chi connectivity index (χ0) is 25.3. The summed E-state index contributed by atoms with van der Waals surface area (Å²) in [5.74, 6) is -0.0183. The maximum absolute atomic E-state index is 14.2. The number of ketones is 1. The first-order valence-corrected chi connectivity index (χ1v) is 14.5. The molecule has 184 valence electrons. The second-order valence-corrected chi connectivity index (χ2v) is 11.5. The van der Waals surface area contributed by atoms with E-state index in [-0.39, 0.29) is 23.1 Å². The van der Waals surface area contributed by atoms with E-state index in [1.54, 1.807) is 36.4 Å². The summed E-state index contributed by atoms with van der Waals surface area (Å²) in [6.07, 6.45) is 4.25. The number of aryl methyl sites for hydroxylation is 1. The van der Waals surface area contributed by atoms with E-state index >= 15 is 0 Å². The Morgan fingerprint density at radius 3 is 2.28 bits per heavy atom. The number of carbonyl (C=O) groups is 1. The van der Waals surface area contributed by atoms with Gasteiger partial charge in [-0.25, -0.2) is 12.4 Å². The van der Waals surface area contributed by atoms with Crippen LogP contribution in [0.4, 0.5) is 0 Å². The van der Waals surface area contributed by atoms with Gasteiger partial charge in [0.2, 0.25) is 0 Å². The van der Waals surface area contributed by atoms with Crippen molar-refractivity contribution in [2.45, 2.75) is 36.7 Å². The van der Waals surface area contributed by atoms with Gasteiger partial charge in [0.1, 0.15) is 0 Å². The standard InChI is InChI=1S/C29H27BrN2O3S/c1-21(22-10-4-2-5-11-22)31-19-17-23(33)20-28(31)29-26(16-18-30)25-14-8-9-15-27(25)32(29)36(34,35)24-12-6-3-7-13-24/h2-15,17,19,21,28H,16,18,20H2,1H3/t21-,28+/m0/s1. The van der Waals surface area contributed by atoms with Crippen molar-refractivity contribution < 1.29 is 13.2 Å². The minimum absolute atomic E-state index is 0.0183. The van der Waals surface area contributed by atoms with Gasteiger partial charge in [-0.1, -0.05) is 82.7 Å². The molecule has 5 rings (SSSR count). The van der Waals surface area contributed by atoms with E-state index in [4.69, 9.17) is 0 Å². The summed E-state index contributed by atoms with van der Waals surface area (Å²) >= 11 is 3.57. The average Bonchev–Trinajstić information content (AvgIpc) is 3.24. The van der Waals surface area contributed by atoms with E-state index in [0.29, 0.717) is 23.0 Å². The normalized spacial score (nSPS) is 17.0. The van der Waals surface area contributed by atoms with Gasteiger partial charge in [0.25, 0.3) is 10.0 Å². The smallest absolute Gasteiger partial charge is 0.268 e. The van der Waals surface area contributed by atoms with Crippen LogP contribution in [0.25, 0.3) is 10.9 Å². The summed E-state index contributed by atoms with van der Waals surface area (Å²) in [4.78, 5) is 15.1. The lowest BCUT2D eigenvalue weighted by Gasteiger charge is -2.38. The number of rotatable bonds is 7. The van der Waals surface area contributed by atoms with E-state index < -0.39 is 16.1 Å². The van der Waals surface area contributed by atoms with Crippen molar-refractivity contribution in [2.75, 3.05) is 5.33 Å². The van der Waals surface area contributed by atoms with Crippen LogP contribution in [0, 0.1) is 0 Å². The Morgan fingerprint density at radius 2 is 1.58 bits per heavy atom. The summed E-state index contributed by atoms with van der Waals surface area (Å²) in [6.45, 7) is 2.09. The highest BCUT2D eigenvalue weighted by Crippen LogP contribution is 2.42. The summed E-state index contributed by atoms with van der Waals surface area (Å²) in [5.41, 5.74) is 3.32. The fraction of sp³-hybridized carbons (Fsp3) is 0.207. The first kappa shape index (κ1) is 24.5. The average molecular weight is 564 g/mol. The number of alkyl halides is 1. The fourth-order valence-electron chi connectivity index (χ4n) is 5.12. The molecule has 0 bridgehead atoms. The first-order chi connectivity index (χ1) is 17.4. The zero-order valence-corrected chi connectivity index (χ0v) is 22.3. The molecule has 0 unspecified atom stereocenters. The van der Waals surface area contributed by atoms with Gasteiger partial charge >= 0.3 is 0 Å². The van der Waals surface area contributed by atoms with E-state index in [2.05, 4.69) is 39.9 Å². The van der Waals surface area contributed by atoms with Crippen LogP contribution in [-0.4, -0.2) is 28.4 Å². The number of hydrogen-bond donors (Lipinski definition) is 0. The molecule has 0 saturated heterocycles. The number of aromatic nitrogens is 1. The van der Waals surface area contributed by atoms with Gasteiger partial charge < -0.3 is 4.90 Å². The van der Waals surface area contributed by atoms with Crippen LogP contribution < -0.4 is 0 Å². The van der Waals surface area contributed by atoms with Crippen LogP contribution in [0.1, 0.15) is 42.2 Å². The van der Waals surface area contributed by atoms with Gasteiger partial charge in [0.05, 0.1) is 28.2 Å². The van der Waals surface area contributed by atoms with Gasteiger partial charge in [-0.15, -0.1) is 0 Å². The number of hydrogen-bond acceptors (Lipinski definition) is 4. The molecule has 0 fully saturated rings. The molecule has 2 atom stereocenters. The highest BCUT2D eigenvalue weighted by molar-refractivity contribution is 9.09. The molecular weight excluding hydrogens is 536 g/mol. The molecule has 5 nitrogen and oxygen atoms in total. The maximum atomic E-state index is 14.2. The molecule has 7 heteroatoms. The van der Waals surface area contributed by atoms with Crippen molar-refractivity contribution in [2.24, 2.45) is 0 Å². The fourth-order valence-corrected chi connectivity index (χ4v) is 7.14. The van der Waals surface area contributed by atoms with Gasteiger partial charge in [0.15, 0.2) is 5.78 Å². The second-order valence-electron chi connectivity index (χ2n) is 8.94. The molecule has 0 spiro atoms. The van der Waals surface area contributed by atoms with Crippen molar-refractivity contribution in [3.8, 4) is 0 Å². The van der Waals surface area contributed by atoms with Crippen molar-refractivity contribution in [1.29, 1.82) is 0 Å². The lowest BCUT2D eigenvalue weighted by Crippen LogP contribution is -2.34. The topological polar surface area (TPSA) is 59.4 Å². The predicted molar refractivity (Wildman–Crippen MR) is 147 cm³/mol.